The van der Waals surface area contributed by atoms with Crippen molar-refractivity contribution in [2.24, 2.45) is 7.05 Å². The summed E-state index contributed by atoms with van der Waals surface area (Å²) < 4.78 is 2.96. The maximum absolute atomic E-state index is 12.4. The van der Waals surface area contributed by atoms with Gasteiger partial charge in [-0.1, -0.05) is 35.3 Å². The molecular formula is C17H19N6O4+. The standard InChI is InChI=1S/C17H18N6O4/c1-22-9-23(14-13(22)15(25)21-17(18)20-14)8-12(24)19-11(16(26)27)7-10-5-3-2-4-6-10/h2-6,9,11H,7-8H2,1H3,(H4-,18,19,20,21,24,25,26,27)/p+1/t11-/m0/s1. The van der Waals surface area contributed by atoms with Crippen molar-refractivity contribution in [1.29, 1.82) is 0 Å². The number of anilines is 1. The van der Waals surface area contributed by atoms with Crippen LogP contribution in [0.5, 0.6) is 0 Å². The van der Waals surface area contributed by atoms with Crippen LogP contribution in [0, 0.1) is 0 Å². The number of nitrogen functional groups attached to an aromatic ring is 1. The number of imidazole rings is 1. The molecule has 0 aliphatic rings. The number of aryl methyl sites for hydroxylation is 1. The summed E-state index contributed by atoms with van der Waals surface area (Å²) in [6, 6.07) is 7.94. The fourth-order valence-electron chi connectivity index (χ4n) is 2.87. The molecule has 0 fully saturated rings. The van der Waals surface area contributed by atoms with Crippen LogP contribution in [-0.4, -0.2) is 37.6 Å². The summed E-state index contributed by atoms with van der Waals surface area (Å²) in [4.78, 5) is 42.3. The Hall–Kier alpha value is -3.69. The average Bonchev–Trinajstić information content (AvgIpc) is 2.90. The Morgan fingerprint density at radius 2 is 2.07 bits per heavy atom. The van der Waals surface area contributed by atoms with Crippen LogP contribution in [0.25, 0.3) is 11.2 Å². The highest BCUT2D eigenvalue weighted by molar-refractivity contribution is 5.83. The van der Waals surface area contributed by atoms with Gasteiger partial charge in [0.15, 0.2) is 12.9 Å². The zero-order chi connectivity index (χ0) is 19.6. The molecule has 3 aromatic rings. The lowest BCUT2D eigenvalue weighted by Crippen LogP contribution is -2.49. The third-order valence-electron chi connectivity index (χ3n) is 4.06. The number of carboxylic acid groups (broad SMARTS) is 1. The summed E-state index contributed by atoms with van der Waals surface area (Å²) >= 11 is 0. The van der Waals surface area contributed by atoms with Crippen molar-refractivity contribution in [3.8, 4) is 0 Å². The molecule has 2 aromatic heterocycles. The topological polar surface area (TPSA) is 147 Å². The molecular weight excluding hydrogens is 352 g/mol. The summed E-state index contributed by atoms with van der Waals surface area (Å²) in [6.45, 7) is -0.203. The molecule has 5 N–H and O–H groups in total. The van der Waals surface area contributed by atoms with Gasteiger partial charge in [-0.15, -0.1) is 0 Å². The van der Waals surface area contributed by atoms with E-state index in [1.54, 1.807) is 31.3 Å². The van der Waals surface area contributed by atoms with E-state index in [9.17, 15) is 19.5 Å². The van der Waals surface area contributed by atoms with E-state index >= 15 is 0 Å². The van der Waals surface area contributed by atoms with Gasteiger partial charge in [-0.05, 0) is 5.56 Å². The van der Waals surface area contributed by atoms with Gasteiger partial charge in [0.05, 0.1) is 7.05 Å². The first kappa shape index (κ1) is 18.1. The molecule has 0 radical (unpaired) electrons. The van der Waals surface area contributed by atoms with Crippen molar-refractivity contribution < 1.29 is 19.3 Å². The monoisotopic (exact) mass is 371 g/mol. The van der Waals surface area contributed by atoms with Crippen molar-refractivity contribution in [2.75, 3.05) is 5.73 Å². The molecule has 10 nitrogen and oxygen atoms in total. The Labute approximate surface area is 153 Å². The Kier molecular flexibility index (Phi) is 4.88. The van der Waals surface area contributed by atoms with E-state index in [2.05, 4.69) is 15.3 Å². The molecule has 140 valence electrons. The Morgan fingerprint density at radius 3 is 2.74 bits per heavy atom. The lowest BCUT2D eigenvalue weighted by atomic mass is 10.1. The molecule has 0 saturated carbocycles. The lowest BCUT2D eigenvalue weighted by molar-refractivity contribution is -0.661. The summed E-state index contributed by atoms with van der Waals surface area (Å²) in [5.41, 5.74) is 6.44. The number of hydrogen-bond donors (Lipinski definition) is 4. The largest absolute Gasteiger partial charge is 0.480 e. The van der Waals surface area contributed by atoms with Crippen LogP contribution in [0.3, 0.4) is 0 Å². The van der Waals surface area contributed by atoms with E-state index < -0.39 is 23.5 Å². The van der Waals surface area contributed by atoms with Crippen molar-refractivity contribution in [3.05, 3.63) is 52.6 Å². The minimum absolute atomic E-state index is 0.0691. The maximum Gasteiger partial charge on any atom is 0.326 e. The number of nitrogens with one attached hydrogen (secondary N) is 2. The van der Waals surface area contributed by atoms with Gasteiger partial charge in [0.25, 0.3) is 17.4 Å². The second-order valence-corrected chi connectivity index (χ2v) is 6.13. The van der Waals surface area contributed by atoms with Gasteiger partial charge in [-0.2, -0.15) is 0 Å². The van der Waals surface area contributed by atoms with Gasteiger partial charge in [0.1, 0.15) is 6.04 Å². The number of benzene rings is 1. The minimum Gasteiger partial charge on any atom is -0.480 e. The number of fused-ring (bicyclic) bond motifs is 1. The van der Waals surface area contributed by atoms with Gasteiger partial charge in [-0.3, -0.25) is 19.1 Å². The number of aromatic nitrogens is 4. The second kappa shape index (κ2) is 7.28. The number of carboxylic acids is 1. The predicted molar refractivity (Wildman–Crippen MR) is 95.7 cm³/mol. The number of amides is 1. The zero-order valence-corrected chi connectivity index (χ0v) is 14.5. The van der Waals surface area contributed by atoms with E-state index in [0.29, 0.717) is 0 Å². The second-order valence-electron chi connectivity index (χ2n) is 6.13. The quantitative estimate of drug-likeness (QED) is 0.406. The molecule has 1 atom stereocenters. The minimum atomic E-state index is -1.13. The van der Waals surface area contributed by atoms with Gasteiger partial charge in [0, 0.05) is 6.42 Å². The number of hydrogen-bond acceptors (Lipinski definition) is 5. The molecule has 27 heavy (non-hydrogen) atoms. The number of nitrogens with two attached hydrogens (primary N) is 1. The van der Waals surface area contributed by atoms with E-state index in [0.717, 1.165) is 5.56 Å². The van der Waals surface area contributed by atoms with E-state index in [4.69, 9.17) is 5.73 Å². The Balaban J connectivity index is 1.79. The molecule has 0 aliphatic carbocycles. The number of carbonyl (C=O) groups is 2. The molecule has 0 saturated heterocycles. The highest BCUT2D eigenvalue weighted by atomic mass is 16.4. The van der Waals surface area contributed by atoms with Crippen molar-refractivity contribution in [1.82, 2.24) is 19.9 Å². The van der Waals surface area contributed by atoms with E-state index in [1.165, 1.54) is 15.5 Å². The van der Waals surface area contributed by atoms with Crippen molar-refractivity contribution >= 4 is 29.0 Å². The Morgan fingerprint density at radius 1 is 1.37 bits per heavy atom. The third kappa shape index (κ3) is 3.94. The highest BCUT2D eigenvalue weighted by Crippen LogP contribution is 2.05. The first-order chi connectivity index (χ1) is 12.8. The van der Waals surface area contributed by atoms with Crippen LogP contribution in [0.15, 0.2) is 41.5 Å². The summed E-state index contributed by atoms with van der Waals surface area (Å²) in [5, 5.41) is 11.9. The first-order valence-electron chi connectivity index (χ1n) is 8.15. The SMILES string of the molecule is Cn1c[n+](CC(=O)N[C@@H](Cc2ccccc2)C(=O)O)c2nc(N)[nH]c(=O)c21. The molecule has 10 heteroatoms. The molecule has 0 unspecified atom stereocenters. The summed E-state index contributed by atoms with van der Waals surface area (Å²) in [6.07, 6.45) is 1.69. The maximum atomic E-state index is 12.4. The van der Waals surface area contributed by atoms with Crippen LogP contribution in [0.1, 0.15) is 5.56 Å². The van der Waals surface area contributed by atoms with Crippen LogP contribution in [-0.2, 0) is 29.6 Å². The molecule has 0 bridgehead atoms. The van der Waals surface area contributed by atoms with Crippen LogP contribution < -0.4 is 21.2 Å². The van der Waals surface area contributed by atoms with Crippen molar-refractivity contribution in [2.45, 2.75) is 19.0 Å². The van der Waals surface area contributed by atoms with Gasteiger partial charge in [0.2, 0.25) is 5.52 Å². The number of rotatable bonds is 6. The number of nitrogens with zero attached hydrogens (tertiary/aromatic N) is 3. The number of carbonyl (C=O) groups excluding carboxylic acids is 1. The summed E-state index contributed by atoms with van der Waals surface area (Å²) in [7, 11) is 1.64. The normalized spacial score (nSPS) is 12.0. The van der Waals surface area contributed by atoms with Gasteiger partial charge >= 0.3 is 11.6 Å². The average molecular weight is 371 g/mol. The van der Waals surface area contributed by atoms with Crippen molar-refractivity contribution in [3.63, 3.8) is 0 Å². The summed E-state index contributed by atoms with van der Waals surface area (Å²) in [5.74, 6) is -1.72. The van der Waals surface area contributed by atoms with Crippen LogP contribution in [0.2, 0.25) is 0 Å². The number of H-pyrrole nitrogens is 1. The molecule has 2 heterocycles. The molecule has 1 aromatic carbocycles. The number of aliphatic carboxylic acids is 1. The Bertz CT molecular complexity index is 1060. The fourth-order valence-corrected chi connectivity index (χ4v) is 2.87. The van der Waals surface area contributed by atoms with E-state index in [-0.39, 0.29) is 30.1 Å². The third-order valence-corrected chi connectivity index (χ3v) is 4.06. The van der Waals surface area contributed by atoms with Crippen LogP contribution in [0.4, 0.5) is 5.95 Å². The van der Waals surface area contributed by atoms with Gasteiger partial charge in [-0.25, -0.2) is 9.36 Å². The smallest absolute Gasteiger partial charge is 0.326 e. The van der Waals surface area contributed by atoms with Gasteiger partial charge < -0.3 is 16.2 Å². The molecule has 3 rings (SSSR count). The predicted octanol–water partition coefficient (Wildman–Crippen LogP) is -1.06. The van der Waals surface area contributed by atoms with Crippen LogP contribution >= 0.6 is 0 Å². The first-order valence-corrected chi connectivity index (χ1v) is 8.15. The molecule has 1 amide bonds. The lowest BCUT2D eigenvalue weighted by Gasteiger charge is -2.14. The highest BCUT2D eigenvalue weighted by Gasteiger charge is 2.24. The molecule has 0 spiro atoms. The van der Waals surface area contributed by atoms with E-state index in [1.807, 2.05) is 6.07 Å². The fraction of sp³-hybridized carbons (Fsp3) is 0.235. The number of aromatic amines is 1. The molecule has 0 aliphatic heterocycles. The zero-order valence-electron chi connectivity index (χ0n) is 14.5.